The summed E-state index contributed by atoms with van der Waals surface area (Å²) in [5.74, 6) is -0.0988. The molecule has 0 aromatic heterocycles. The molecule has 2 aromatic rings. The van der Waals surface area contributed by atoms with Crippen molar-refractivity contribution in [2.24, 2.45) is 0 Å². The Morgan fingerprint density at radius 2 is 1.66 bits per heavy atom. The van der Waals surface area contributed by atoms with Crippen molar-refractivity contribution in [3.63, 3.8) is 0 Å². The van der Waals surface area contributed by atoms with Crippen molar-refractivity contribution < 1.29 is 14.3 Å². The highest BCUT2D eigenvalue weighted by Crippen LogP contribution is 2.20. The molecule has 1 N–H and O–H groups in total. The summed E-state index contributed by atoms with van der Waals surface area (Å²) in [6.07, 6.45) is 0.804. The number of nitriles is 1. The Morgan fingerprint density at radius 3 is 2.24 bits per heavy atom. The summed E-state index contributed by atoms with van der Waals surface area (Å²) in [4.78, 5) is 24.8. The van der Waals surface area contributed by atoms with Gasteiger partial charge >= 0.3 is 6.09 Å². The van der Waals surface area contributed by atoms with E-state index in [-0.39, 0.29) is 12.2 Å². The molecule has 152 valence electrons. The molecule has 0 unspecified atom stereocenters. The lowest BCUT2D eigenvalue weighted by Crippen LogP contribution is -2.44. The third-order valence-electron chi connectivity index (χ3n) is 4.29. The van der Waals surface area contributed by atoms with Gasteiger partial charge in [0.2, 0.25) is 0 Å². The van der Waals surface area contributed by atoms with Crippen LogP contribution in [0.4, 0.5) is 4.79 Å². The van der Waals surface area contributed by atoms with Crippen LogP contribution in [-0.4, -0.2) is 23.5 Å². The number of Topliss-reactive ketones (excluding diaryl/α,β-unsaturated/α-hetero) is 1. The average Bonchev–Trinajstić information content (AvgIpc) is 2.67. The second-order valence-electron chi connectivity index (χ2n) is 7.94. The number of carbonyl (C=O) groups is 2. The summed E-state index contributed by atoms with van der Waals surface area (Å²) in [5, 5.41) is 11.4. The van der Waals surface area contributed by atoms with Crippen LogP contribution in [0.5, 0.6) is 0 Å². The molecule has 0 radical (unpaired) electrons. The molecule has 29 heavy (non-hydrogen) atoms. The van der Waals surface area contributed by atoms with Crippen LogP contribution in [0.1, 0.15) is 45.6 Å². The maximum atomic E-state index is 12.6. The fourth-order valence-electron chi connectivity index (χ4n) is 2.91. The average molecular weight is 392 g/mol. The van der Waals surface area contributed by atoms with Crippen molar-refractivity contribution in [2.45, 2.75) is 58.1 Å². The fourth-order valence-corrected chi connectivity index (χ4v) is 2.91. The molecule has 2 rings (SSSR count). The number of ketones is 1. The highest BCUT2D eigenvalue weighted by atomic mass is 16.6. The first-order valence-corrected chi connectivity index (χ1v) is 9.82. The third kappa shape index (κ3) is 7.79. The number of carbonyl (C=O) groups excluding carboxylic acids is 2. The van der Waals surface area contributed by atoms with E-state index in [1.807, 2.05) is 60.7 Å². The van der Waals surface area contributed by atoms with E-state index in [0.717, 1.165) is 16.7 Å². The van der Waals surface area contributed by atoms with Gasteiger partial charge in [-0.15, -0.1) is 0 Å². The van der Waals surface area contributed by atoms with Crippen molar-refractivity contribution in [2.75, 3.05) is 0 Å². The van der Waals surface area contributed by atoms with E-state index in [0.29, 0.717) is 19.3 Å². The number of ether oxygens (including phenoxy) is 1. The molecule has 2 aromatic carbocycles. The Hall–Kier alpha value is -3.13. The summed E-state index contributed by atoms with van der Waals surface area (Å²) in [6.45, 7) is 5.33. The zero-order valence-electron chi connectivity index (χ0n) is 17.3. The Balaban J connectivity index is 2.10. The highest BCUT2D eigenvalue weighted by Gasteiger charge is 2.24. The molecule has 0 aliphatic carbocycles. The molecule has 0 saturated carbocycles. The smallest absolute Gasteiger partial charge is 0.408 e. The maximum Gasteiger partial charge on any atom is 0.408 e. The van der Waals surface area contributed by atoms with Gasteiger partial charge in [0.1, 0.15) is 5.60 Å². The van der Waals surface area contributed by atoms with Gasteiger partial charge < -0.3 is 10.1 Å². The fraction of sp³-hybridized carbons (Fsp3) is 0.375. The molecule has 0 saturated heterocycles. The lowest BCUT2D eigenvalue weighted by Gasteiger charge is -2.23. The lowest BCUT2D eigenvalue weighted by molar-refractivity contribution is -0.121. The second kappa shape index (κ2) is 10.4. The Bertz CT molecular complexity index is 846. The van der Waals surface area contributed by atoms with Gasteiger partial charge in [-0.2, -0.15) is 5.26 Å². The van der Waals surface area contributed by atoms with Gasteiger partial charge in [-0.25, -0.2) is 4.79 Å². The van der Waals surface area contributed by atoms with Crippen LogP contribution in [0.25, 0.3) is 11.1 Å². The van der Waals surface area contributed by atoms with E-state index < -0.39 is 17.7 Å². The number of hydrogen-bond donors (Lipinski definition) is 1. The molecular formula is C24H28N2O3. The quantitative estimate of drug-likeness (QED) is 0.637. The number of rotatable bonds is 8. The summed E-state index contributed by atoms with van der Waals surface area (Å²) >= 11 is 0. The van der Waals surface area contributed by atoms with E-state index in [9.17, 15) is 9.59 Å². The van der Waals surface area contributed by atoms with Crippen LogP contribution in [0.15, 0.2) is 54.6 Å². The van der Waals surface area contributed by atoms with Gasteiger partial charge in [0.25, 0.3) is 0 Å². The van der Waals surface area contributed by atoms with Gasteiger partial charge in [-0.3, -0.25) is 4.79 Å². The van der Waals surface area contributed by atoms with Crippen molar-refractivity contribution in [1.29, 1.82) is 5.26 Å². The normalized spacial score (nSPS) is 11.9. The number of unbranched alkanes of at least 4 members (excludes halogenated alkanes) is 1. The SMILES string of the molecule is CC(C)(C)OC(=O)N[C@@H](Cc1ccc(-c2ccccc2)cc1)C(=O)CCCC#N. The predicted molar refractivity (Wildman–Crippen MR) is 113 cm³/mol. The first-order chi connectivity index (χ1) is 13.8. The predicted octanol–water partition coefficient (Wildman–Crippen LogP) is 5.05. The molecule has 5 heteroatoms. The van der Waals surface area contributed by atoms with Crippen molar-refractivity contribution in [3.05, 3.63) is 60.2 Å². The molecule has 0 spiro atoms. The minimum Gasteiger partial charge on any atom is -0.444 e. The summed E-state index contributed by atoms with van der Waals surface area (Å²) in [6, 6.07) is 19.3. The van der Waals surface area contributed by atoms with Gasteiger partial charge in [0.05, 0.1) is 12.1 Å². The van der Waals surface area contributed by atoms with Gasteiger partial charge in [0.15, 0.2) is 5.78 Å². The van der Waals surface area contributed by atoms with Crippen molar-refractivity contribution >= 4 is 11.9 Å². The number of hydrogen-bond acceptors (Lipinski definition) is 4. The standard InChI is InChI=1S/C24H28N2O3/c1-24(2,3)29-23(28)26-21(22(27)11-7-8-16-25)17-18-12-14-20(15-13-18)19-9-5-4-6-10-19/h4-6,9-10,12-15,21H,7-8,11,17H2,1-3H3,(H,26,28)/t21-/m0/s1. The number of nitrogens with one attached hydrogen (secondary N) is 1. The molecular weight excluding hydrogens is 364 g/mol. The second-order valence-corrected chi connectivity index (χ2v) is 7.94. The lowest BCUT2D eigenvalue weighted by atomic mass is 9.97. The first-order valence-electron chi connectivity index (χ1n) is 9.82. The van der Waals surface area contributed by atoms with E-state index in [4.69, 9.17) is 10.00 Å². The van der Waals surface area contributed by atoms with Crippen LogP contribution in [-0.2, 0) is 16.0 Å². The minimum absolute atomic E-state index is 0.0988. The maximum absolute atomic E-state index is 12.6. The summed E-state index contributed by atoms with van der Waals surface area (Å²) < 4.78 is 5.30. The van der Waals surface area contributed by atoms with Crippen LogP contribution in [0.3, 0.4) is 0 Å². The first kappa shape index (κ1) is 22.2. The Labute approximate surface area is 172 Å². The molecule has 0 aliphatic heterocycles. The largest absolute Gasteiger partial charge is 0.444 e. The monoisotopic (exact) mass is 392 g/mol. The Morgan fingerprint density at radius 1 is 1.03 bits per heavy atom. The van der Waals surface area contributed by atoms with Crippen LogP contribution in [0.2, 0.25) is 0 Å². The minimum atomic E-state index is -0.689. The zero-order valence-corrected chi connectivity index (χ0v) is 17.3. The number of alkyl carbamates (subject to hydrolysis) is 1. The topological polar surface area (TPSA) is 79.2 Å². The molecule has 0 aliphatic rings. The molecule has 0 fully saturated rings. The summed E-state index contributed by atoms with van der Waals surface area (Å²) in [7, 11) is 0. The van der Waals surface area contributed by atoms with Crippen LogP contribution >= 0.6 is 0 Å². The molecule has 0 heterocycles. The molecule has 1 amide bonds. The van der Waals surface area contributed by atoms with Crippen molar-refractivity contribution in [3.8, 4) is 17.2 Å². The van der Waals surface area contributed by atoms with Crippen molar-refractivity contribution in [1.82, 2.24) is 5.32 Å². The third-order valence-corrected chi connectivity index (χ3v) is 4.29. The van der Waals surface area contributed by atoms with E-state index in [2.05, 4.69) is 5.32 Å². The van der Waals surface area contributed by atoms with Crippen LogP contribution < -0.4 is 5.32 Å². The van der Waals surface area contributed by atoms with Gasteiger partial charge in [-0.1, -0.05) is 54.6 Å². The molecule has 5 nitrogen and oxygen atoms in total. The van der Waals surface area contributed by atoms with E-state index in [1.54, 1.807) is 20.8 Å². The number of nitrogens with zero attached hydrogens (tertiary/aromatic N) is 1. The summed E-state index contributed by atoms with van der Waals surface area (Å²) in [5.41, 5.74) is 2.51. The molecule has 1 atom stereocenters. The van der Waals surface area contributed by atoms with E-state index in [1.165, 1.54) is 0 Å². The van der Waals surface area contributed by atoms with Crippen LogP contribution in [0, 0.1) is 11.3 Å². The Kier molecular flexibility index (Phi) is 7.97. The zero-order chi connectivity index (χ0) is 21.3. The van der Waals surface area contributed by atoms with E-state index >= 15 is 0 Å². The number of benzene rings is 2. The van der Waals surface area contributed by atoms with Gasteiger partial charge in [0, 0.05) is 12.8 Å². The van der Waals surface area contributed by atoms with Gasteiger partial charge in [-0.05, 0) is 50.3 Å². The number of amides is 1. The molecule has 0 bridgehead atoms. The highest BCUT2D eigenvalue weighted by molar-refractivity contribution is 5.87.